The number of aromatic amines is 2. The van der Waals surface area contributed by atoms with E-state index in [2.05, 4.69) is 101 Å². The van der Waals surface area contributed by atoms with E-state index in [0.717, 1.165) is 52.3 Å². The molecule has 0 aliphatic heterocycles. The smallest absolute Gasteiger partial charge is 0.337 e. The predicted octanol–water partition coefficient (Wildman–Crippen LogP) is 9.47. The molecule has 0 radical (unpaired) electrons. The standard InChI is InChI=1S/C21H21BrN2O2.C20H21BrN2O/c1-26-21(25)14-5-2-4-13(10-14)12-23-19-7-3-6-16-17-11-15(22)8-9-18(17)24-20(16)19;21-15-7-8-18-17(10-15)16-5-2-6-19(20(16)23-18)22-11-13-3-1-4-14(9-13)12-24/h2,4-5,8-11,19,23-24H,3,6-7,12H2,1H3;1,3-4,7-10,19,22-24H,2,5-6,11-12H2/t2*19-/m11/s1. The van der Waals surface area contributed by atoms with Crippen molar-refractivity contribution in [1.82, 2.24) is 20.6 Å². The number of ether oxygens (including phenoxy) is 1. The van der Waals surface area contributed by atoms with E-state index in [0.29, 0.717) is 24.2 Å². The van der Waals surface area contributed by atoms with Crippen molar-refractivity contribution in [3.05, 3.63) is 139 Å². The Balaban J connectivity index is 0.000000157. The maximum atomic E-state index is 11.7. The molecule has 2 aliphatic carbocycles. The van der Waals surface area contributed by atoms with Gasteiger partial charge in [0.15, 0.2) is 0 Å². The van der Waals surface area contributed by atoms with Gasteiger partial charge in [-0.15, -0.1) is 0 Å². The summed E-state index contributed by atoms with van der Waals surface area (Å²) >= 11 is 7.16. The van der Waals surface area contributed by atoms with Gasteiger partial charge in [-0.25, -0.2) is 4.79 Å². The molecule has 9 heteroatoms. The Bertz CT molecular complexity index is 2140. The van der Waals surface area contributed by atoms with Crippen molar-refractivity contribution in [1.29, 1.82) is 0 Å². The summed E-state index contributed by atoms with van der Waals surface area (Å²) in [4.78, 5) is 19.0. The number of benzene rings is 4. The van der Waals surface area contributed by atoms with Crippen molar-refractivity contribution < 1.29 is 14.6 Å². The first kappa shape index (κ1) is 34.7. The van der Waals surface area contributed by atoms with Crippen LogP contribution < -0.4 is 10.6 Å². The van der Waals surface area contributed by atoms with Crippen LogP contribution >= 0.6 is 31.9 Å². The first-order valence-corrected chi connectivity index (χ1v) is 18.9. The van der Waals surface area contributed by atoms with Crippen LogP contribution in [0.3, 0.4) is 0 Å². The fourth-order valence-corrected chi connectivity index (χ4v) is 8.25. The lowest BCUT2D eigenvalue weighted by atomic mass is 9.91. The van der Waals surface area contributed by atoms with E-state index < -0.39 is 0 Å². The number of aliphatic hydroxyl groups excluding tert-OH is 1. The van der Waals surface area contributed by atoms with Gasteiger partial charge in [0.1, 0.15) is 0 Å². The molecule has 0 saturated heterocycles. The number of aliphatic hydroxyl groups is 1. The molecule has 2 atom stereocenters. The van der Waals surface area contributed by atoms with Crippen LogP contribution in [-0.4, -0.2) is 28.2 Å². The molecule has 0 fully saturated rings. The summed E-state index contributed by atoms with van der Waals surface area (Å²) in [6, 6.07) is 29.3. The van der Waals surface area contributed by atoms with Crippen molar-refractivity contribution in [2.75, 3.05) is 7.11 Å². The molecular formula is C41H42Br2N4O3. The van der Waals surface area contributed by atoms with Gasteiger partial charge >= 0.3 is 5.97 Å². The molecule has 6 aromatic rings. The van der Waals surface area contributed by atoms with Crippen LogP contribution in [0.4, 0.5) is 0 Å². The van der Waals surface area contributed by atoms with Crippen LogP contribution in [0.1, 0.15) is 87.3 Å². The quantitative estimate of drug-likeness (QED) is 0.0989. The monoisotopic (exact) mass is 796 g/mol. The Labute approximate surface area is 309 Å². The van der Waals surface area contributed by atoms with E-state index in [1.165, 1.54) is 69.8 Å². The van der Waals surface area contributed by atoms with Gasteiger partial charge in [0.2, 0.25) is 0 Å². The molecule has 0 bridgehead atoms. The number of carbonyl (C=O) groups is 1. The number of hydrogen-bond acceptors (Lipinski definition) is 5. The summed E-state index contributed by atoms with van der Waals surface area (Å²) in [5.74, 6) is -0.298. The molecule has 4 aromatic carbocycles. The van der Waals surface area contributed by atoms with Crippen LogP contribution in [0, 0.1) is 0 Å². The number of H-pyrrole nitrogens is 2. The number of carbonyl (C=O) groups excluding carboxylic acids is 1. The summed E-state index contributed by atoms with van der Waals surface area (Å²) in [7, 11) is 1.41. The van der Waals surface area contributed by atoms with E-state index in [-0.39, 0.29) is 12.6 Å². The Hall–Kier alpha value is -3.73. The number of nitrogens with one attached hydrogen (secondary N) is 4. The highest BCUT2D eigenvalue weighted by atomic mass is 79.9. The van der Waals surface area contributed by atoms with E-state index in [1.54, 1.807) is 6.07 Å². The molecular weight excluding hydrogens is 756 g/mol. The molecule has 0 spiro atoms. The lowest BCUT2D eigenvalue weighted by Gasteiger charge is -2.24. The minimum absolute atomic E-state index is 0.0955. The second kappa shape index (κ2) is 15.7. The molecule has 0 amide bonds. The average Bonchev–Trinajstić information content (AvgIpc) is 3.71. The predicted molar refractivity (Wildman–Crippen MR) is 207 cm³/mol. The van der Waals surface area contributed by atoms with Crippen LogP contribution in [0.15, 0.2) is 93.9 Å². The van der Waals surface area contributed by atoms with Crippen molar-refractivity contribution in [3.63, 3.8) is 0 Å². The highest BCUT2D eigenvalue weighted by Crippen LogP contribution is 2.37. The number of aromatic nitrogens is 2. The largest absolute Gasteiger partial charge is 0.465 e. The van der Waals surface area contributed by atoms with Gasteiger partial charge in [-0.2, -0.15) is 0 Å². The third-order valence-electron chi connectivity index (χ3n) is 9.97. The summed E-state index contributed by atoms with van der Waals surface area (Å²) < 4.78 is 7.05. The summed E-state index contributed by atoms with van der Waals surface area (Å²) in [5.41, 5.74) is 11.8. The van der Waals surface area contributed by atoms with Gasteiger partial charge in [-0.1, -0.05) is 68.3 Å². The number of methoxy groups -OCH3 is 1. The number of fused-ring (bicyclic) bond motifs is 6. The third kappa shape index (κ3) is 7.62. The Kier molecular flexibility index (Phi) is 10.9. The maximum Gasteiger partial charge on any atom is 0.337 e. The van der Waals surface area contributed by atoms with Gasteiger partial charge in [0.05, 0.1) is 19.3 Å². The zero-order valence-corrected chi connectivity index (χ0v) is 31.3. The minimum Gasteiger partial charge on any atom is -0.465 e. The molecule has 2 aliphatic rings. The van der Waals surface area contributed by atoms with Crippen LogP contribution in [0.25, 0.3) is 21.8 Å². The molecule has 5 N–H and O–H groups in total. The molecule has 2 aromatic heterocycles. The van der Waals surface area contributed by atoms with Crippen molar-refractivity contribution in [3.8, 4) is 0 Å². The van der Waals surface area contributed by atoms with E-state index in [4.69, 9.17) is 4.74 Å². The number of aryl methyl sites for hydroxylation is 2. The second-order valence-electron chi connectivity index (χ2n) is 13.2. The zero-order chi connectivity index (χ0) is 34.6. The Morgan fingerprint density at radius 2 is 1.26 bits per heavy atom. The number of esters is 1. The van der Waals surface area contributed by atoms with Gasteiger partial charge in [0, 0.05) is 67.3 Å². The molecule has 0 unspecified atom stereocenters. The average molecular weight is 799 g/mol. The number of rotatable bonds is 8. The Morgan fingerprint density at radius 3 is 1.80 bits per heavy atom. The van der Waals surface area contributed by atoms with E-state index in [1.807, 2.05) is 30.3 Å². The first-order chi connectivity index (χ1) is 24.4. The van der Waals surface area contributed by atoms with Gasteiger partial charge in [0.25, 0.3) is 0 Å². The lowest BCUT2D eigenvalue weighted by Crippen LogP contribution is -2.25. The van der Waals surface area contributed by atoms with Gasteiger partial charge in [-0.3, -0.25) is 0 Å². The number of halogens is 2. The molecule has 8 rings (SSSR count). The van der Waals surface area contributed by atoms with E-state index >= 15 is 0 Å². The first-order valence-electron chi connectivity index (χ1n) is 17.3. The molecule has 50 heavy (non-hydrogen) atoms. The van der Waals surface area contributed by atoms with Crippen molar-refractivity contribution >= 4 is 59.6 Å². The minimum atomic E-state index is -0.298. The van der Waals surface area contributed by atoms with Crippen LogP contribution in [-0.2, 0) is 37.3 Å². The molecule has 0 saturated carbocycles. The highest BCUT2D eigenvalue weighted by Gasteiger charge is 2.25. The zero-order valence-electron chi connectivity index (χ0n) is 28.1. The maximum absolute atomic E-state index is 11.7. The Morgan fingerprint density at radius 1 is 0.740 bits per heavy atom. The highest BCUT2D eigenvalue weighted by molar-refractivity contribution is 9.10. The lowest BCUT2D eigenvalue weighted by molar-refractivity contribution is 0.0600. The van der Waals surface area contributed by atoms with E-state index in [9.17, 15) is 9.90 Å². The third-order valence-corrected chi connectivity index (χ3v) is 11.0. The fourth-order valence-electron chi connectivity index (χ4n) is 7.52. The SMILES string of the molecule is COC(=O)c1cccc(CN[C@@H]2CCCc3c2[nH]c2ccc(Br)cc32)c1.OCc1cccc(CN[C@@H]2CCCc3c2[nH]c2ccc(Br)cc32)c1. The van der Waals surface area contributed by atoms with Crippen molar-refractivity contribution in [2.24, 2.45) is 0 Å². The van der Waals surface area contributed by atoms with Gasteiger partial charge in [-0.05, 0) is 115 Å². The molecule has 2 heterocycles. The van der Waals surface area contributed by atoms with Crippen LogP contribution in [0.5, 0.6) is 0 Å². The summed E-state index contributed by atoms with van der Waals surface area (Å²) in [6.45, 7) is 1.63. The van der Waals surface area contributed by atoms with Crippen molar-refractivity contribution in [2.45, 2.75) is 70.3 Å². The normalized spacial score (nSPS) is 16.8. The topological polar surface area (TPSA) is 102 Å². The van der Waals surface area contributed by atoms with Crippen LogP contribution in [0.2, 0.25) is 0 Å². The fraction of sp³-hybridized carbons (Fsp3) is 0.293. The number of hydrogen-bond donors (Lipinski definition) is 5. The molecule has 7 nitrogen and oxygen atoms in total. The summed E-state index contributed by atoms with van der Waals surface area (Å²) in [5, 5.41) is 19.3. The van der Waals surface area contributed by atoms with Gasteiger partial charge < -0.3 is 30.4 Å². The molecule has 258 valence electrons. The second-order valence-corrected chi connectivity index (χ2v) is 15.1. The summed E-state index contributed by atoms with van der Waals surface area (Å²) in [6.07, 6.45) is 6.90.